The lowest BCUT2D eigenvalue weighted by Gasteiger charge is -2.24. The molecule has 0 saturated carbocycles. The number of benzene rings is 1. The summed E-state index contributed by atoms with van der Waals surface area (Å²) in [7, 11) is 2.90. The SMILES string of the molecule is CCC(C)N(C)C(=O)c1cc(S(=O)(=O)Cl)cc(Cl)c1Cl. The fourth-order valence-electron chi connectivity index (χ4n) is 1.52. The van der Waals surface area contributed by atoms with Crippen molar-refractivity contribution in [3.05, 3.63) is 27.7 Å². The van der Waals surface area contributed by atoms with Crippen LogP contribution in [0.5, 0.6) is 0 Å². The highest BCUT2D eigenvalue weighted by molar-refractivity contribution is 8.13. The lowest BCUT2D eigenvalue weighted by atomic mass is 10.1. The van der Waals surface area contributed by atoms with Gasteiger partial charge in [-0.1, -0.05) is 30.1 Å². The van der Waals surface area contributed by atoms with Crippen LogP contribution in [0.2, 0.25) is 10.0 Å². The summed E-state index contributed by atoms with van der Waals surface area (Å²) >= 11 is 11.8. The first kappa shape index (κ1) is 17.6. The summed E-state index contributed by atoms with van der Waals surface area (Å²) in [5.41, 5.74) is 0.0150. The highest BCUT2D eigenvalue weighted by Crippen LogP contribution is 2.31. The molecule has 0 aliphatic rings. The number of hydrogen-bond donors (Lipinski definition) is 0. The summed E-state index contributed by atoms with van der Waals surface area (Å²) in [5, 5.41) is -0.0230. The molecular formula is C12H14Cl3NO3S. The van der Waals surface area contributed by atoms with Crippen molar-refractivity contribution in [2.24, 2.45) is 0 Å². The highest BCUT2D eigenvalue weighted by Gasteiger charge is 2.23. The number of amides is 1. The zero-order valence-electron chi connectivity index (χ0n) is 11.2. The number of halogens is 3. The van der Waals surface area contributed by atoms with Crippen LogP contribution in [0, 0.1) is 0 Å². The van der Waals surface area contributed by atoms with E-state index in [-0.39, 0.29) is 26.5 Å². The van der Waals surface area contributed by atoms with Crippen LogP contribution in [0.3, 0.4) is 0 Å². The van der Waals surface area contributed by atoms with Gasteiger partial charge in [-0.05, 0) is 25.5 Å². The zero-order valence-corrected chi connectivity index (χ0v) is 14.2. The normalized spacial score (nSPS) is 13.1. The van der Waals surface area contributed by atoms with Gasteiger partial charge in [-0.15, -0.1) is 0 Å². The molecule has 0 bridgehead atoms. The van der Waals surface area contributed by atoms with Gasteiger partial charge >= 0.3 is 0 Å². The van der Waals surface area contributed by atoms with Crippen LogP contribution in [0.4, 0.5) is 0 Å². The topological polar surface area (TPSA) is 54.5 Å². The summed E-state index contributed by atoms with van der Waals surface area (Å²) in [6, 6.07) is 2.23. The van der Waals surface area contributed by atoms with Crippen molar-refractivity contribution >= 4 is 48.8 Å². The van der Waals surface area contributed by atoms with Crippen LogP contribution in [0.1, 0.15) is 30.6 Å². The van der Waals surface area contributed by atoms with Crippen LogP contribution in [0.25, 0.3) is 0 Å². The van der Waals surface area contributed by atoms with Gasteiger partial charge in [-0.25, -0.2) is 8.42 Å². The molecule has 0 N–H and O–H groups in total. The van der Waals surface area contributed by atoms with Crippen LogP contribution >= 0.6 is 33.9 Å². The van der Waals surface area contributed by atoms with E-state index in [1.807, 2.05) is 13.8 Å². The van der Waals surface area contributed by atoms with E-state index < -0.39 is 15.0 Å². The average Bonchev–Trinajstić information content (AvgIpc) is 2.37. The molecule has 0 fully saturated rings. The van der Waals surface area contributed by atoms with Gasteiger partial charge in [0.05, 0.1) is 20.5 Å². The third-order valence-corrected chi connectivity index (χ3v) is 5.22. The Morgan fingerprint density at radius 1 is 1.35 bits per heavy atom. The van der Waals surface area contributed by atoms with Crippen molar-refractivity contribution < 1.29 is 13.2 Å². The Kier molecular flexibility index (Phi) is 5.72. The molecule has 0 radical (unpaired) electrons. The Hall–Kier alpha value is -0.490. The Bertz CT molecular complexity index is 631. The molecule has 8 heteroatoms. The van der Waals surface area contributed by atoms with Crippen LogP contribution in [-0.4, -0.2) is 32.3 Å². The van der Waals surface area contributed by atoms with Gasteiger partial charge in [0.25, 0.3) is 15.0 Å². The summed E-state index contributed by atoms with van der Waals surface area (Å²) in [4.78, 5) is 13.6. The molecule has 1 atom stereocenters. The number of carbonyl (C=O) groups excluding carboxylic acids is 1. The molecule has 1 aromatic carbocycles. The van der Waals surface area contributed by atoms with Gasteiger partial charge in [0.2, 0.25) is 0 Å². The minimum Gasteiger partial charge on any atom is -0.339 e. The minimum absolute atomic E-state index is 0.0101. The number of carbonyl (C=O) groups is 1. The molecule has 1 unspecified atom stereocenters. The summed E-state index contributed by atoms with van der Waals surface area (Å²) in [5.74, 6) is -0.409. The van der Waals surface area contributed by atoms with Crippen molar-refractivity contribution in [3.8, 4) is 0 Å². The Morgan fingerprint density at radius 2 is 1.90 bits per heavy atom. The molecule has 0 aliphatic carbocycles. The highest BCUT2D eigenvalue weighted by atomic mass is 35.7. The van der Waals surface area contributed by atoms with E-state index in [9.17, 15) is 13.2 Å². The molecular weight excluding hydrogens is 345 g/mol. The molecule has 112 valence electrons. The Morgan fingerprint density at radius 3 is 2.35 bits per heavy atom. The predicted octanol–water partition coefficient (Wildman–Crippen LogP) is 3.79. The Balaban J connectivity index is 3.38. The maximum atomic E-state index is 12.3. The first-order chi connectivity index (χ1) is 9.09. The molecule has 4 nitrogen and oxygen atoms in total. The second kappa shape index (κ2) is 6.52. The van der Waals surface area contributed by atoms with E-state index in [0.717, 1.165) is 18.6 Å². The second-order valence-electron chi connectivity index (χ2n) is 4.38. The van der Waals surface area contributed by atoms with Gasteiger partial charge in [0.1, 0.15) is 0 Å². The molecule has 0 spiro atoms. The minimum atomic E-state index is -3.99. The molecule has 0 aliphatic heterocycles. The van der Waals surface area contributed by atoms with E-state index in [1.54, 1.807) is 7.05 Å². The maximum absolute atomic E-state index is 12.3. The van der Waals surface area contributed by atoms with Gasteiger partial charge in [-0.2, -0.15) is 0 Å². The third kappa shape index (κ3) is 3.79. The fourth-order valence-corrected chi connectivity index (χ4v) is 2.78. The fraction of sp³-hybridized carbons (Fsp3) is 0.417. The average molecular weight is 359 g/mol. The second-order valence-corrected chi connectivity index (χ2v) is 7.73. The number of rotatable bonds is 4. The Labute approximate surface area is 133 Å². The first-order valence-corrected chi connectivity index (χ1v) is 8.87. The van der Waals surface area contributed by atoms with Gasteiger partial charge in [0.15, 0.2) is 0 Å². The molecule has 1 amide bonds. The van der Waals surface area contributed by atoms with Gasteiger partial charge in [0, 0.05) is 23.8 Å². The third-order valence-electron chi connectivity index (χ3n) is 3.09. The summed E-state index contributed by atoms with van der Waals surface area (Å²) in [6.07, 6.45) is 0.751. The standard InChI is InChI=1S/C12H14Cl3NO3S/c1-4-7(2)16(3)12(17)9-5-8(20(15,18)19)6-10(13)11(9)14/h5-7H,4H2,1-3H3. The maximum Gasteiger partial charge on any atom is 0.261 e. The molecule has 1 rings (SSSR count). The summed E-state index contributed by atoms with van der Waals surface area (Å²) in [6.45, 7) is 3.80. The quantitative estimate of drug-likeness (QED) is 0.769. The van der Waals surface area contributed by atoms with Crippen molar-refractivity contribution in [2.75, 3.05) is 7.05 Å². The smallest absolute Gasteiger partial charge is 0.261 e. The van der Waals surface area contributed by atoms with E-state index in [2.05, 4.69) is 0 Å². The van der Waals surface area contributed by atoms with Crippen molar-refractivity contribution in [1.29, 1.82) is 0 Å². The van der Waals surface area contributed by atoms with E-state index in [4.69, 9.17) is 33.9 Å². The van der Waals surface area contributed by atoms with E-state index in [1.165, 1.54) is 4.90 Å². The van der Waals surface area contributed by atoms with E-state index >= 15 is 0 Å². The van der Waals surface area contributed by atoms with Gasteiger partial charge < -0.3 is 4.90 Å². The first-order valence-electron chi connectivity index (χ1n) is 5.80. The molecule has 20 heavy (non-hydrogen) atoms. The summed E-state index contributed by atoms with van der Waals surface area (Å²) < 4.78 is 22.7. The lowest BCUT2D eigenvalue weighted by Crippen LogP contribution is -2.34. The molecule has 0 aromatic heterocycles. The molecule has 0 saturated heterocycles. The van der Waals surface area contributed by atoms with Crippen LogP contribution < -0.4 is 0 Å². The number of hydrogen-bond acceptors (Lipinski definition) is 3. The monoisotopic (exact) mass is 357 g/mol. The molecule has 1 aromatic rings. The van der Waals surface area contributed by atoms with Crippen molar-refractivity contribution in [1.82, 2.24) is 4.90 Å². The van der Waals surface area contributed by atoms with Crippen molar-refractivity contribution in [3.63, 3.8) is 0 Å². The van der Waals surface area contributed by atoms with Crippen molar-refractivity contribution in [2.45, 2.75) is 31.2 Å². The molecule has 0 heterocycles. The van der Waals surface area contributed by atoms with E-state index in [0.29, 0.717) is 0 Å². The lowest BCUT2D eigenvalue weighted by molar-refractivity contribution is 0.0740. The number of nitrogens with zero attached hydrogens (tertiary/aromatic N) is 1. The predicted molar refractivity (Wildman–Crippen MR) is 81.3 cm³/mol. The zero-order chi connectivity index (χ0) is 15.7. The van der Waals surface area contributed by atoms with Crippen LogP contribution in [-0.2, 0) is 9.05 Å². The largest absolute Gasteiger partial charge is 0.339 e. The van der Waals surface area contributed by atoms with Gasteiger partial charge in [-0.3, -0.25) is 4.79 Å². The van der Waals surface area contributed by atoms with Crippen LogP contribution in [0.15, 0.2) is 17.0 Å².